The fourth-order valence-electron chi connectivity index (χ4n) is 3.24. The number of hydrogen-bond donors (Lipinski definition) is 0. The lowest BCUT2D eigenvalue weighted by Gasteiger charge is -2.35. The number of halogens is 1. The molecule has 0 N–H and O–H groups in total. The molecule has 1 amide bonds. The first-order chi connectivity index (χ1) is 11.5. The zero-order chi connectivity index (χ0) is 17.1. The van der Waals surface area contributed by atoms with Gasteiger partial charge in [0.15, 0.2) is 5.76 Å². The highest BCUT2D eigenvalue weighted by Gasteiger charge is 2.25. The molecule has 128 valence electrons. The average Bonchev–Trinajstić information content (AvgIpc) is 3.04. The Morgan fingerprint density at radius 2 is 1.96 bits per heavy atom. The highest BCUT2D eigenvalue weighted by atomic mass is 19.1. The average molecular weight is 330 g/mol. The molecule has 5 heteroatoms. The number of rotatable bonds is 4. The smallest absolute Gasteiger partial charge is 0.289 e. The second kappa shape index (κ2) is 7.18. The van der Waals surface area contributed by atoms with Gasteiger partial charge in [-0.1, -0.05) is 18.6 Å². The summed E-state index contributed by atoms with van der Waals surface area (Å²) in [7, 11) is 3.42. The van der Waals surface area contributed by atoms with Crippen LogP contribution in [-0.4, -0.2) is 36.3 Å². The summed E-state index contributed by atoms with van der Waals surface area (Å²) in [4.78, 5) is 15.8. The van der Waals surface area contributed by atoms with Crippen LogP contribution in [0.3, 0.4) is 0 Å². The predicted molar refractivity (Wildman–Crippen MR) is 90.1 cm³/mol. The maximum atomic E-state index is 13.2. The normalized spacial score (nSPS) is 18.5. The quantitative estimate of drug-likeness (QED) is 0.854. The zero-order valence-electron chi connectivity index (χ0n) is 14.2. The molecule has 2 heterocycles. The van der Waals surface area contributed by atoms with Gasteiger partial charge in [0, 0.05) is 20.1 Å². The molecule has 0 spiro atoms. The molecule has 0 saturated carbocycles. The van der Waals surface area contributed by atoms with Crippen LogP contribution in [0.4, 0.5) is 4.39 Å². The fourth-order valence-corrected chi connectivity index (χ4v) is 3.24. The summed E-state index contributed by atoms with van der Waals surface area (Å²) in [6.07, 6.45) is 3.36. The second-order valence-electron chi connectivity index (χ2n) is 6.50. The van der Waals surface area contributed by atoms with Crippen LogP contribution in [0.25, 0.3) is 0 Å². The molecule has 1 atom stereocenters. The molecule has 1 fully saturated rings. The minimum absolute atomic E-state index is 0.130. The molecule has 3 rings (SSSR count). The largest absolute Gasteiger partial charge is 0.455 e. The summed E-state index contributed by atoms with van der Waals surface area (Å²) < 4.78 is 18.9. The Morgan fingerprint density at radius 1 is 1.21 bits per heavy atom. The van der Waals surface area contributed by atoms with Crippen LogP contribution < -0.4 is 0 Å². The number of carbonyl (C=O) groups excluding carboxylic acids is 1. The molecule has 0 aliphatic carbocycles. The molecule has 0 unspecified atom stereocenters. The number of benzene rings is 1. The van der Waals surface area contributed by atoms with E-state index in [1.54, 1.807) is 20.2 Å². The monoisotopic (exact) mass is 330 g/mol. The Balaban J connectivity index is 1.74. The Morgan fingerprint density at radius 3 is 2.67 bits per heavy atom. The lowest BCUT2D eigenvalue weighted by Crippen LogP contribution is -2.32. The van der Waals surface area contributed by atoms with Gasteiger partial charge in [0.25, 0.3) is 5.91 Å². The third-order valence-corrected chi connectivity index (χ3v) is 4.51. The predicted octanol–water partition coefficient (Wildman–Crippen LogP) is 3.85. The van der Waals surface area contributed by atoms with E-state index in [9.17, 15) is 9.18 Å². The molecular weight excluding hydrogens is 307 g/mol. The number of nitrogens with zero attached hydrogens (tertiary/aromatic N) is 2. The SMILES string of the molecule is CN(C)C(=O)c1ccc(CN2CCCC[C@@H]2c2ccc(F)cc2)o1. The van der Waals surface area contributed by atoms with Crippen LogP contribution in [0.5, 0.6) is 0 Å². The highest BCUT2D eigenvalue weighted by molar-refractivity contribution is 5.91. The van der Waals surface area contributed by atoms with Gasteiger partial charge in [0.1, 0.15) is 11.6 Å². The van der Waals surface area contributed by atoms with E-state index in [0.717, 1.165) is 30.7 Å². The second-order valence-corrected chi connectivity index (χ2v) is 6.50. The van der Waals surface area contributed by atoms with Crippen molar-refractivity contribution in [3.63, 3.8) is 0 Å². The zero-order valence-corrected chi connectivity index (χ0v) is 14.2. The third kappa shape index (κ3) is 3.67. The van der Waals surface area contributed by atoms with Gasteiger partial charge in [0.2, 0.25) is 0 Å². The lowest BCUT2D eigenvalue weighted by atomic mass is 9.95. The van der Waals surface area contributed by atoms with Gasteiger partial charge in [-0.05, 0) is 49.2 Å². The Bertz CT molecular complexity index is 694. The van der Waals surface area contributed by atoms with Gasteiger partial charge in [-0.25, -0.2) is 4.39 Å². The van der Waals surface area contributed by atoms with Crippen molar-refractivity contribution in [3.05, 3.63) is 59.3 Å². The summed E-state index contributed by atoms with van der Waals surface area (Å²) in [5.41, 5.74) is 1.13. The van der Waals surface area contributed by atoms with E-state index in [-0.39, 0.29) is 17.8 Å². The van der Waals surface area contributed by atoms with Crippen molar-refractivity contribution < 1.29 is 13.6 Å². The maximum Gasteiger partial charge on any atom is 0.289 e. The van der Waals surface area contributed by atoms with Gasteiger partial charge in [-0.3, -0.25) is 9.69 Å². The van der Waals surface area contributed by atoms with E-state index in [1.807, 2.05) is 18.2 Å². The third-order valence-electron chi connectivity index (χ3n) is 4.51. The summed E-state index contributed by atoms with van der Waals surface area (Å²) >= 11 is 0. The van der Waals surface area contributed by atoms with E-state index in [0.29, 0.717) is 12.3 Å². The van der Waals surface area contributed by atoms with E-state index in [4.69, 9.17) is 4.42 Å². The van der Waals surface area contributed by atoms with Crippen molar-refractivity contribution in [2.45, 2.75) is 31.8 Å². The van der Waals surface area contributed by atoms with E-state index >= 15 is 0 Å². The first-order valence-electron chi connectivity index (χ1n) is 8.34. The topological polar surface area (TPSA) is 36.7 Å². The summed E-state index contributed by atoms with van der Waals surface area (Å²) in [5.74, 6) is 0.813. The molecule has 1 saturated heterocycles. The summed E-state index contributed by atoms with van der Waals surface area (Å²) in [6.45, 7) is 1.63. The highest BCUT2D eigenvalue weighted by Crippen LogP contribution is 2.32. The van der Waals surface area contributed by atoms with Gasteiger partial charge < -0.3 is 9.32 Å². The Labute approximate surface area is 141 Å². The van der Waals surface area contributed by atoms with Gasteiger partial charge >= 0.3 is 0 Å². The van der Waals surface area contributed by atoms with Crippen LogP contribution in [0.2, 0.25) is 0 Å². The minimum atomic E-state index is -0.209. The maximum absolute atomic E-state index is 13.2. The van der Waals surface area contributed by atoms with Crippen molar-refractivity contribution in [2.24, 2.45) is 0 Å². The minimum Gasteiger partial charge on any atom is -0.455 e. The van der Waals surface area contributed by atoms with Gasteiger partial charge in [-0.2, -0.15) is 0 Å². The first kappa shape index (κ1) is 16.7. The van der Waals surface area contributed by atoms with Crippen molar-refractivity contribution in [1.82, 2.24) is 9.80 Å². The van der Waals surface area contributed by atoms with Gasteiger partial charge in [-0.15, -0.1) is 0 Å². The van der Waals surface area contributed by atoms with Crippen LogP contribution in [-0.2, 0) is 6.54 Å². The Hall–Kier alpha value is -2.14. The lowest BCUT2D eigenvalue weighted by molar-refractivity contribution is 0.0788. The molecule has 1 aromatic carbocycles. The van der Waals surface area contributed by atoms with Crippen LogP contribution in [0.1, 0.15) is 47.2 Å². The molecule has 0 bridgehead atoms. The van der Waals surface area contributed by atoms with Crippen LogP contribution in [0, 0.1) is 5.82 Å². The number of amides is 1. The first-order valence-corrected chi connectivity index (χ1v) is 8.34. The molecule has 1 aromatic heterocycles. The van der Waals surface area contributed by atoms with E-state index < -0.39 is 0 Å². The number of piperidine rings is 1. The van der Waals surface area contributed by atoms with E-state index in [1.165, 1.54) is 23.5 Å². The van der Waals surface area contributed by atoms with Crippen LogP contribution >= 0.6 is 0 Å². The Kier molecular flexibility index (Phi) is 5.00. The van der Waals surface area contributed by atoms with E-state index in [2.05, 4.69) is 4.90 Å². The van der Waals surface area contributed by atoms with Crippen molar-refractivity contribution in [3.8, 4) is 0 Å². The van der Waals surface area contributed by atoms with Crippen molar-refractivity contribution >= 4 is 5.91 Å². The van der Waals surface area contributed by atoms with Crippen molar-refractivity contribution in [2.75, 3.05) is 20.6 Å². The number of furan rings is 1. The van der Waals surface area contributed by atoms with Crippen molar-refractivity contribution in [1.29, 1.82) is 0 Å². The molecular formula is C19H23FN2O2. The molecule has 4 nitrogen and oxygen atoms in total. The molecule has 1 aliphatic rings. The van der Waals surface area contributed by atoms with Gasteiger partial charge in [0.05, 0.1) is 6.54 Å². The summed E-state index contributed by atoms with van der Waals surface area (Å²) in [5, 5.41) is 0. The summed E-state index contributed by atoms with van der Waals surface area (Å²) in [6, 6.07) is 10.6. The fraction of sp³-hybridized carbons (Fsp3) is 0.421. The molecule has 24 heavy (non-hydrogen) atoms. The molecule has 2 aromatic rings. The molecule has 0 radical (unpaired) electrons. The standard InChI is InChI=1S/C19H23FN2O2/c1-21(2)19(23)18-11-10-16(24-18)13-22-12-4-3-5-17(22)14-6-8-15(20)9-7-14/h6-11,17H,3-5,12-13H2,1-2H3/t17-/m1/s1. The molecule has 1 aliphatic heterocycles. The number of hydrogen-bond acceptors (Lipinski definition) is 3. The van der Waals surface area contributed by atoms with Crippen LogP contribution in [0.15, 0.2) is 40.8 Å². The number of likely N-dealkylation sites (tertiary alicyclic amines) is 1. The number of carbonyl (C=O) groups is 1.